The van der Waals surface area contributed by atoms with Gasteiger partial charge in [-0.3, -0.25) is 9.59 Å². The molecule has 0 saturated heterocycles. The normalized spacial score (nSPS) is 25.4. The summed E-state index contributed by atoms with van der Waals surface area (Å²) in [5, 5.41) is 6.26. The summed E-state index contributed by atoms with van der Waals surface area (Å²) in [6.07, 6.45) is 5.57. The van der Waals surface area contributed by atoms with Crippen molar-refractivity contribution >= 4 is 40.7 Å². The minimum atomic E-state index is -0.310. The Morgan fingerprint density at radius 3 is 2.65 bits per heavy atom. The molecule has 0 unspecified atom stereocenters. The molecule has 0 spiro atoms. The van der Waals surface area contributed by atoms with Gasteiger partial charge in [-0.1, -0.05) is 29.6 Å². The van der Waals surface area contributed by atoms with E-state index < -0.39 is 0 Å². The van der Waals surface area contributed by atoms with Crippen molar-refractivity contribution in [1.82, 2.24) is 5.32 Å². The number of rotatable bonds is 5. The summed E-state index contributed by atoms with van der Waals surface area (Å²) in [5.74, 6) is 1.68. The van der Waals surface area contributed by atoms with Crippen LogP contribution < -0.4 is 10.6 Å². The predicted octanol–water partition coefficient (Wildman–Crippen LogP) is 3.87. The third-order valence-electron chi connectivity index (χ3n) is 4.98. The molecule has 0 aliphatic heterocycles. The van der Waals surface area contributed by atoms with Crippen LogP contribution >= 0.6 is 23.2 Å². The van der Waals surface area contributed by atoms with Crippen LogP contribution in [0.2, 0.25) is 10.0 Å². The van der Waals surface area contributed by atoms with Crippen LogP contribution in [0.1, 0.15) is 32.1 Å². The molecule has 2 amide bonds. The SMILES string of the molecule is O=C(C[C@H]1C[C@@H]2CC[C@@H]1C2)NCC(=O)Nc1cc(Cl)ccc1Cl. The van der Waals surface area contributed by atoms with Gasteiger partial charge in [-0.05, 0) is 55.2 Å². The van der Waals surface area contributed by atoms with Crippen molar-refractivity contribution < 1.29 is 9.59 Å². The van der Waals surface area contributed by atoms with Crippen molar-refractivity contribution in [3.8, 4) is 0 Å². The maximum absolute atomic E-state index is 12.0. The Bertz CT molecular complexity index is 621. The third-order valence-corrected chi connectivity index (χ3v) is 5.55. The van der Waals surface area contributed by atoms with E-state index in [-0.39, 0.29) is 18.4 Å². The Labute approximate surface area is 145 Å². The second-order valence-electron chi connectivity index (χ2n) is 6.59. The average Bonchev–Trinajstić information content (AvgIpc) is 3.11. The lowest BCUT2D eigenvalue weighted by Gasteiger charge is -2.20. The van der Waals surface area contributed by atoms with Crippen LogP contribution in [0.15, 0.2) is 18.2 Å². The Kier molecular flexibility index (Phi) is 5.12. The zero-order chi connectivity index (χ0) is 16.4. The topological polar surface area (TPSA) is 58.2 Å². The molecule has 2 aliphatic carbocycles. The Balaban J connectivity index is 1.43. The minimum Gasteiger partial charge on any atom is -0.347 e. The van der Waals surface area contributed by atoms with Gasteiger partial charge in [0.1, 0.15) is 0 Å². The average molecular weight is 355 g/mol. The second-order valence-corrected chi connectivity index (χ2v) is 7.43. The molecule has 2 N–H and O–H groups in total. The van der Waals surface area contributed by atoms with Gasteiger partial charge >= 0.3 is 0 Å². The van der Waals surface area contributed by atoms with Gasteiger partial charge in [0.25, 0.3) is 0 Å². The van der Waals surface area contributed by atoms with E-state index in [1.54, 1.807) is 18.2 Å². The molecule has 3 atom stereocenters. The molecule has 1 aromatic carbocycles. The highest BCUT2D eigenvalue weighted by molar-refractivity contribution is 6.35. The molecule has 23 heavy (non-hydrogen) atoms. The standard InChI is InChI=1S/C17H20Cl2N2O2/c18-13-3-4-14(19)15(8-13)21-17(23)9-20-16(22)7-12-6-10-1-2-11(12)5-10/h3-4,8,10-12H,1-2,5-7,9H2,(H,20,22)(H,21,23)/t10-,11-,12-/m1/s1. The minimum absolute atomic E-state index is 0.0464. The predicted molar refractivity (Wildman–Crippen MR) is 91.7 cm³/mol. The van der Waals surface area contributed by atoms with Gasteiger partial charge in [0, 0.05) is 11.4 Å². The van der Waals surface area contributed by atoms with Crippen LogP contribution in [0.3, 0.4) is 0 Å². The van der Waals surface area contributed by atoms with Gasteiger partial charge in [-0.2, -0.15) is 0 Å². The highest BCUT2D eigenvalue weighted by Crippen LogP contribution is 2.49. The molecule has 0 aromatic heterocycles. The first kappa shape index (κ1) is 16.6. The van der Waals surface area contributed by atoms with Crippen molar-refractivity contribution in [3.63, 3.8) is 0 Å². The molecular formula is C17H20Cl2N2O2. The molecule has 124 valence electrons. The molecule has 2 fully saturated rings. The summed E-state index contributed by atoms with van der Waals surface area (Å²) < 4.78 is 0. The Morgan fingerprint density at radius 2 is 1.96 bits per heavy atom. The van der Waals surface area contributed by atoms with E-state index in [0.29, 0.717) is 34.0 Å². The number of hydrogen-bond donors (Lipinski definition) is 2. The first-order valence-corrected chi connectivity index (χ1v) is 8.78. The number of halogens is 2. The fraction of sp³-hybridized carbons (Fsp3) is 0.529. The summed E-state index contributed by atoms with van der Waals surface area (Å²) in [5.41, 5.74) is 0.450. The summed E-state index contributed by atoms with van der Waals surface area (Å²) in [4.78, 5) is 23.9. The largest absolute Gasteiger partial charge is 0.347 e. The van der Waals surface area contributed by atoms with Crippen LogP contribution in [0, 0.1) is 17.8 Å². The van der Waals surface area contributed by atoms with Crippen LogP contribution in [-0.4, -0.2) is 18.4 Å². The number of anilines is 1. The molecule has 0 radical (unpaired) electrons. The third kappa shape index (κ3) is 4.18. The molecule has 6 heteroatoms. The number of carbonyl (C=O) groups is 2. The molecule has 2 saturated carbocycles. The summed E-state index contributed by atoms with van der Waals surface area (Å²) >= 11 is 11.9. The fourth-order valence-electron chi connectivity index (χ4n) is 3.90. The quantitative estimate of drug-likeness (QED) is 0.842. The molecule has 1 aromatic rings. The van der Waals surface area contributed by atoms with Crippen molar-refractivity contribution in [2.45, 2.75) is 32.1 Å². The van der Waals surface area contributed by atoms with E-state index in [4.69, 9.17) is 23.2 Å². The van der Waals surface area contributed by atoms with Crippen LogP contribution in [-0.2, 0) is 9.59 Å². The molecule has 4 nitrogen and oxygen atoms in total. The lowest BCUT2D eigenvalue weighted by atomic mass is 9.86. The smallest absolute Gasteiger partial charge is 0.243 e. The van der Waals surface area contributed by atoms with E-state index in [0.717, 1.165) is 5.92 Å². The lowest BCUT2D eigenvalue weighted by molar-refractivity contribution is -0.125. The number of fused-ring (bicyclic) bond motifs is 2. The number of hydrogen-bond acceptors (Lipinski definition) is 2. The second kappa shape index (κ2) is 7.10. The number of amides is 2. The van der Waals surface area contributed by atoms with Crippen LogP contribution in [0.25, 0.3) is 0 Å². The van der Waals surface area contributed by atoms with Crippen LogP contribution in [0.5, 0.6) is 0 Å². The van der Waals surface area contributed by atoms with E-state index in [1.165, 1.54) is 25.7 Å². The lowest BCUT2D eigenvalue weighted by Crippen LogP contribution is -2.34. The molecule has 2 bridgehead atoms. The van der Waals surface area contributed by atoms with Gasteiger partial charge in [-0.25, -0.2) is 0 Å². The van der Waals surface area contributed by atoms with Crippen molar-refractivity contribution in [2.75, 3.05) is 11.9 Å². The number of carbonyl (C=O) groups excluding carboxylic acids is 2. The van der Waals surface area contributed by atoms with Gasteiger partial charge in [0.15, 0.2) is 0 Å². The van der Waals surface area contributed by atoms with E-state index in [2.05, 4.69) is 10.6 Å². The van der Waals surface area contributed by atoms with E-state index in [9.17, 15) is 9.59 Å². The highest BCUT2D eigenvalue weighted by atomic mass is 35.5. The molecule has 2 aliphatic rings. The summed E-state index contributed by atoms with van der Waals surface area (Å²) in [7, 11) is 0. The van der Waals surface area contributed by atoms with E-state index in [1.807, 2.05) is 0 Å². The van der Waals surface area contributed by atoms with Gasteiger partial charge in [-0.15, -0.1) is 0 Å². The first-order valence-electron chi connectivity index (χ1n) is 8.03. The van der Waals surface area contributed by atoms with Gasteiger partial charge < -0.3 is 10.6 Å². The van der Waals surface area contributed by atoms with E-state index >= 15 is 0 Å². The van der Waals surface area contributed by atoms with Crippen molar-refractivity contribution in [1.29, 1.82) is 0 Å². The van der Waals surface area contributed by atoms with Crippen molar-refractivity contribution in [3.05, 3.63) is 28.2 Å². The molecule has 3 rings (SSSR count). The molecular weight excluding hydrogens is 335 g/mol. The Hall–Kier alpha value is -1.26. The van der Waals surface area contributed by atoms with Gasteiger partial charge in [0.05, 0.1) is 17.3 Å². The summed E-state index contributed by atoms with van der Waals surface area (Å²) in [6, 6.07) is 4.85. The van der Waals surface area contributed by atoms with Crippen LogP contribution in [0.4, 0.5) is 5.69 Å². The highest BCUT2D eigenvalue weighted by Gasteiger charge is 2.40. The zero-order valence-corrected chi connectivity index (χ0v) is 14.3. The maximum Gasteiger partial charge on any atom is 0.243 e. The number of benzene rings is 1. The van der Waals surface area contributed by atoms with Crippen molar-refractivity contribution in [2.24, 2.45) is 17.8 Å². The zero-order valence-electron chi connectivity index (χ0n) is 12.8. The number of nitrogens with one attached hydrogen (secondary N) is 2. The van der Waals surface area contributed by atoms with Gasteiger partial charge in [0.2, 0.25) is 11.8 Å². The maximum atomic E-state index is 12.0. The monoisotopic (exact) mass is 354 g/mol. The first-order chi connectivity index (χ1) is 11.0. The Morgan fingerprint density at radius 1 is 1.13 bits per heavy atom. The summed E-state index contributed by atoms with van der Waals surface area (Å²) in [6.45, 7) is -0.0531. The molecule has 0 heterocycles. The fourth-order valence-corrected chi connectivity index (χ4v) is 4.24.